The summed E-state index contributed by atoms with van der Waals surface area (Å²) in [4.78, 5) is 25.3. The maximum Gasteiger partial charge on any atom is 0.307 e. The highest BCUT2D eigenvalue weighted by atomic mass is 16.6. The van der Waals surface area contributed by atoms with Gasteiger partial charge in [0.2, 0.25) is 0 Å². The van der Waals surface area contributed by atoms with E-state index in [1.165, 1.54) is 116 Å². The zero-order chi connectivity index (χ0) is 36.3. The number of allylic oxidation sites excluding steroid dienone is 4. The van der Waals surface area contributed by atoms with Gasteiger partial charge in [0.1, 0.15) is 0 Å². The Bertz CT molecular complexity index is 803. The summed E-state index contributed by atoms with van der Waals surface area (Å²) in [5.41, 5.74) is -0.392. The summed E-state index contributed by atoms with van der Waals surface area (Å²) in [5.74, 6) is -0.684. The SMILES string of the molecule is CCCCCCCC/C=C\CCCCCCCC(=O)OC(CO)C(NC(C)(C)C)OC(=O)CCCCCCC/C=C\CCCCCCCC. The van der Waals surface area contributed by atoms with E-state index in [1.807, 2.05) is 20.8 Å². The molecule has 0 aromatic heterocycles. The molecule has 2 N–H and O–H groups in total. The highest BCUT2D eigenvalue weighted by Crippen LogP contribution is 2.15. The van der Waals surface area contributed by atoms with Crippen molar-refractivity contribution in [2.24, 2.45) is 0 Å². The summed E-state index contributed by atoms with van der Waals surface area (Å²) in [6, 6.07) is 0. The van der Waals surface area contributed by atoms with Crippen LogP contribution in [0.4, 0.5) is 0 Å². The number of ether oxygens (including phenoxy) is 2. The molecule has 0 spiro atoms. The van der Waals surface area contributed by atoms with E-state index in [0.717, 1.165) is 51.4 Å². The normalized spacial score (nSPS) is 13.3. The Morgan fingerprint density at radius 2 is 0.857 bits per heavy atom. The Morgan fingerprint density at radius 3 is 1.20 bits per heavy atom. The fourth-order valence-electron chi connectivity index (χ4n) is 5.93. The molecule has 288 valence electrons. The van der Waals surface area contributed by atoms with Crippen molar-refractivity contribution in [3.63, 3.8) is 0 Å². The lowest BCUT2D eigenvalue weighted by molar-refractivity contribution is -0.176. The van der Waals surface area contributed by atoms with E-state index in [1.54, 1.807) is 0 Å². The van der Waals surface area contributed by atoms with Crippen LogP contribution in [0.1, 0.15) is 214 Å². The molecular weight excluding hydrogens is 610 g/mol. The highest BCUT2D eigenvalue weighted by molar-refractivity contribution is 5.70. The highest BCUT2D eigenvalue weighted by Gasteiger charge is 2.31. The Morgan fingerprint density at radius 1 is 0.531 bits per heavy atom. The lowest BCUT2D eigenvalue weighted by Gasteiger charge is -2.32. The first-order valence-electron chi connectivity index (χ1n) is 20.8. The molecule has 0 rings (SSSR count). The van der Waals surface area contributed by atoms with Crippen molar-refractivity contribution in [1.29, 1.82) is 0 Å². The number of aliphatic hydroxyl groups excluding tert-OH is 1. The van der Waals surface area contributed by atoms with Gasteiger partial charge in [-0.3, -0.25) is 14.9 Å². The van der Waals surface area contributed by atoms with Crippen LogP contribution < -0.4 is 5.32 Å². The molecule has 0 aliphatic carbocycles. The van der Waals surface area contributed by atoms with Crippen molar-refractivity contribution in [1.82, 2.24) is 5.32 Å². The zero-order valence-corrected chi connectivity index (χ0v) is 33.1. The molecule has 0 radical (unpaired) electrons. The molecule has 2 atom stereocenters. The standard InChI is InChI=1S/C43H81NO5/c1-6-8-10-12-14-16-18-20-22-24-26-28-30-32-34-36-40(46)48-39(38-45)42(44-43(3,4)5)49-41(47)37-35-33-31-29-27-25-23-21-19-17-15-13-11-9-7-2/h20-23,39,42,44-45H,6-19,24-38H2,1-5H3/b22-20-,23-21-. The third-order valence-electron chi connectivity index (χ3n) is 8.92. The number of unbranched alkanes of at least 4 members (excludes halogenated alkanes) is 22. The molecule has 0 bridgehead atoms. The number of rotatable bonds is 35. The van der Waals surface area contributed by atoms with Crippen LogP contribution in [0, 0.1) is 0 Å². The van der Waals surface area contributed by atoms with Gasteiger partial charge in [-0.05, 0) is 85.0 Å². The van der Waals surface area contributed by atoms with E-state index in [0.29, 0.717) is 12.8 Å². The minimum Gasteiger partial charge on any atom is -0.454 e. The number of carbonyl (C=O) groups is 2. The summed E-state index contributed by atoms with van der Waals surface area (Å²) < 4.78 is 11.3. The first kappa shape index (κ1) is 47.3. The van der Waals surface area contributed by atoms with Gasteiger partial charge in [0.05, 0.1) is 6.61 Å². The first-order chi connectivity index (χ1) is 23.7. The number of nitrogens with one attached hydrogen (secondary N) is 1. The second-order valence-corrected chi connectivity index (χ2v) is 15.2. The molecule has 0 aliphatic rings. The first-order valence-corrected chi connectivity index (χ1v) is 20.8. The van der Waals surface area contributed by atoms with Gasteiger partial charge in [0, 0.05) is 18.4 Å². The maximum atomic E-state index is 12.7. The molecule has 2 unspecified atom stereocenters. The predicted octanol–water partition coefficient (Wildman–Crippen LogP) is 12.2. The third kappa shape index (κ3) is 34.6. The number of aliphatic hydroxyl groups is 1. The monoisotopic (exact) mass is 692 g/mol. The molecule has 6 heteroatoms. The van der Waals surface area contributed by atoms with Crippen molar-refractivity contribution in [3.05, 3.63) is 24.3 Å². The Hall–Kier alpha value is -1.66. The molecule has 49 heavy (non-hydrogen) atoms. The van der Waals surface area contributed by atoms with E-state index in [9.17, 15) is 14.7 Å². The molecule has 0 aliphatic heterocycles. The van der Waals surface area contributed by atoms with Gasteiger partial charge < -0.3 is 14.6 Å². The second-order valence-electron chi connectivity index (χ2n) is 15.2. The van der Waals surface area contributed by atoms with Crippen LogP contribution in [-0.2, 0) is 19.1 Å². The van der Waals surface area contributed by atoms with Gasteiger partial charge in [-0.1, -0.05) is 141 Å². The topological polar surface area (TPSA) is 84.9 Å². The van der Waals surface area contributed by atoms with E-state index >= 15 is 0 Å². The van der Waals surface area contributed by atoms with Gasteiger partial charge in [0.15, 0.2) is 12.3 Å². The smallest absolute Gasteiger partial charge is 0.307 e. The quantitative estimate of drug-likeness (QED) is 0.0298. The minimum atomic E-state index is -0.937. The van der Waals surface area contributed by atoms with Gasteiger partial charge in [-0.2, -0.15) is 0 Å². The van der Waals surface area contributed by atoms with Gasteiger partial charge >= 0.3 is 11.9 Å². The fourth-order valence-corrected chi connectivity index (χ4v) is 5.93. The summed E-state index contributed by atoms with van der Waals surface area (Å²) in [5, 5.41) is 13.3. The third-order valence-corrected chi connectivity index (χ3v) is 8.92. The van der Waals surface area contributed by atoms with Crippen LogP contribution in [0.25, 0.3) is 0 Å². The lowest BCUT2D eigenvalue weighted by Crippen LogP contribution is -2.54. The Kier molecular flexibility index (Phi) is 33.6. The van der Waals surface area contributed by atoms with Crippen LogP contribution in [0.2, 0.25) is 0 Å². The molecule has 6 nitrogen and oxygen atoms in total. The fraction of sp³-hybridized carbons (Fsp3) is 0.860. The molecule has 0 aromatic carbocycles. The van der Waals surface area contributed by atoms with Crippen molar-refractivity contribution < 1.29 is 24.2 Å². The van der Waals surface area contributed by atoms with Crippen molar-refractivity contribution in [3.8, 4) is 0 Å². The minimum absolute atomic E-state index is 0.305. The average Bonchev–Trinajstić information content (AvgIpc) is 3.06. The van der Waals surface area contributed by atoms with Crippen LogP contribution >= 0.6 is 0 Å². The predicted molar refractivity (Wildman–Crippen MR) is 209 cm³/mol. The van der Waals surface area contributed by atoms with E-state index in [-0.39, 0.29) is 11.9 Å². The summed E-state index contributed by atoms with van der Waals surface area (Å²) in [6.07, 6.45) is 39.4. The van der Waals surface area contributed by atoms with Gasteiger partial charge in [-0.15, -0.1) is 0 Å². The zero-order valence-electron chi connectivity index (χ0n) is 33.1. The molecule has 0 heterocycles. The summed E-state index contributed by atoms with van der Waals surface area (Å²) >= 11 is 0. The Labute approximate surface area is 304 Å². The second kappa shape index (κ2) is 34.8. The number of esters is 2. The Balaban J connectivity index is 4.15. The van der Waals surface area contributed by atoms with Crippen molar-refractivity contribution in [2.45, 2.75) is 232 Å². The number of hydrogen-bond acceptors (Lipinski definition) is 6. The number of carbonyl (C=O) groups excluding carboxylic acids is 2. The van der Waals surface area contributed by atoms with E-state index in [4.69, 9.17) is 9.47 Å². The van der Waals surface area contributed by atoms with Crippen LogP contribution in [0.3, 0.4) is 0 Å². The largest absolute Gasteiger partial charge is 0.454 e. The molecule has 0 saturated carbocycles. The van der Waals surface area contributed by atoms with E-state index in [2.05, 4.69) is 43.5 Å². The van der Waals surface area contributed by atoms with Gasteiger partial charge in [0.25, 0.3) is 0 Å². The molecule has 0 fully saturated rings. The van der Waals surface area contributed by atoms with E-state index < -0.39 is 24.5 Å². The summed E-state index contributed by atoms with van der Waals surface area (Å²) in [7, 11) is 0. The van der Waals surface area contributed by atoms with Gasteiger partial charge in [-0.25, -0.2) is 0 Å². The average molecular weight is 692 g/mol. The van der Waals surface area contributed by atoms with Crippen LogP contribution in [-0.4, -0.2) is 41.5 Å². The van der Waals surface area contributed by atoms with Crippen molar-refractivity contribution >= 4 is 11.9 Å². The number of hydrogen-bond donors (Lipinski definition) is 2. The van der Waals surface area contributed by atoms with Crippen molar-refractivity contribution in [2.75, 3.05) is 6.61 Å². The maximum absolute atomic E-state index is 12.7. The molecule has 0 saturated heterocycles. The van der Waals surface area contributed by atoms with Crippen LogP contribution in [0.5, 0.6) is 0 Å². The lowest BCUT2D eigenvalue weighted by atomic mass is 10.1. The summed E-state index contributed by atoms with van der Waals surface area (Å²) in [6.45, 7) is 9.98. The van der Waals surface area contributed by atoms with Crippen LogP contribution in [0.15, 0.2) is 24.3 Å². The molecular formula is C43H81NO5. The molecule has 0 aromatic rings. The molecule has 0 amide bonds.